The van der Waals surface area contributed by atoms with Crippen molar-refractivity contribution in [3.8, 4) is 17.9 Å². The zero-order valence-corrected chi connectivity index (χ0v) is 25.2. The summed E-state index contributed by atoms with van der Waals surface area (Å²) in [5, 5.41) is 18.4. The summed E-state index contributed by atoms with van der Waals surface area (Å²) >= 11 is 1.41. The second-order valence-corrected chi connectivity index (χ2v) is 12.5. The molecular formula is C29H34N6O5S2. The smallest absolute Gasteiger partial charge is 0.260 e. The summed E-state index contributed by atoms with van der Waals surface area (Å²) in [5.41, 5.74) is 1.09. The van der Waals surface area contributed by atoms with Crippen molar-refractivity contribution in [3.05, 3.63) is 48.0 Å². The van der Waals surface area contributed by atoms with Crippen LogP contribution in [-0.4, -0.2) is 87.6 Å². The lowest BCUT2D eigenvalue weighted by Crippen LogP contribution is -2.39. The van der Waals surface area contributed by atoms with Gasteiger partial charge in [0, 0.05) is 57.7 Å². The maximum Gasteiger partial charge on any atom is 0.260 e. The van der Waals surface area contributed by atoms with Crippen LogP contribution in [0.5, 0.6) is 5.75 Å². The Bertz CT molecular complexity index is 1520. The van der Waals surface area contributed by atoms with E-state index in [1.165, 1.54) is 35.6 Å². The number of rotatable bonds is 14. The average molecular weight is 611 g/mol. The third-order valence-corrected chi connectivity index (χ3v) is 9.73. The number of nitriles is 2. The monoisotopic (exact) mass is 610 g/mol. The molecule has 1 aromatic heterocycles. The van der Waals surface area contributed by atoms with E-state index < -0.39 is 10.0 Å². The van der Waals surface area contributed by atoms with E-state index in [2.05, 4.69) is 4.90 Å². The van der Waals surface area contributed by atoms with Crippen LogP contribution in [0.25, 0.3) is 10.2 Å². The zero-order valence-electron chi connectivity index (χ0n) is 23.6. The highest BCUT2D eigenvalue weighted by Gasteiger charge is 2.26. The van der Waals surface area contributed by atoms with Crippen LogP contribution in [0.15, 0.2) is 47.4 Å². The SMILES string of the molecule is CCOc1ccc2nc(N(CCCN3CCOCC3)C(=O)c3ccc(S(=O)(=O)N(CCC#N)CCC#N)cc3)sc2c1. The lowest BCUT2D eigenvalue weighted by Gasteiger charge is -2.27. The number of amides is 1. The Hall–Kier alpha value is -3.59. The van der Waals surface area contributed by atoms with E-state index in [1.54, 1.807) is 4.90 Å². The molecule has 1 aliphatic heterocycles. The van der Waals surface area contributed by atoms with E-state index >= 15 is 0 Å². The molecule has 1 aliphatic rings. The van der Waals surface area contributed by atoms with Crippen LogP contribution >= 0.6 is 11.3 Å². The van der Waals surface area contributed by atoms with Gasteiger partial charge in [-0.05, 0) is 55.8 Å². The Kier molecular flexibility index (Phi) is 11.2. The Morgan fingerprint density at radius 1 is 1.07 bits per heavy atom. The van der Waals surface area contributed by atoms with Gasteiger partial charge in [-0.2, -0.15) is 14.8 Å². The molecule has 0 atom stereocenters. The van der Waals surface area contributed by atoms with Gasteiger partial charge in [-0.25, -0.2) is 13.4 Å². The van der Waals surface area contributed by atoms with Crippen LogP contribution in [0.1, 0.15) is 36.5 Å². The molecule has 0 unspecified atom stereocenters. The van der Waals surface area contributed by atoms with Crippen LogP contribution in [0.3, 0.4) is 0 Å². The number of morpholine rings is 1. The van der Waals surface area contributed by atoms with Crippen molar-refractivity contribution in [2.45, 2.75) is 31.1 Å². The summed E-state index contributed by atoms with van der Waals surface area (Å²) in [6.45, 7) is 6.78. The maximum atomic E-state index is 13.9. The number of carbonyl (C=O) groups is 1. The minimum atomic E-state index is -3.94. The Balaban J connectivity index is 1.58. The molecule has 0 N–H and O–H groups in total. The highest BCUT2D eigenvalue weighted by molar-refractivity contribution is 7.89. The fraction of sp³-hybridized carbons (Fsp3) is 0.448. The van der Waals surface area contributed by atoms with E-state index in [0.29, 0.717) is 37.1 Å². The normalized spacial score (nSPS) is 14.0. The zero-order chi connectivity index (χ0) is 30.0. The topological polar surface area (TPSA) is 140 Å². The fourth-order valence-electron chi connectivity index (χ4n) is 4.60. The van der Waals surface area contributed by atoms with E-state index in [1.807, 2.05) is 37.3 Å². The summed E-state index contributed by atoms with van der Waals surface area (Å²) in [6.07, 6.45) is 0.745. The van der Waals surface area contributed by atoms with Crippen LogP contribution < -0.4 is 9.64 Å². The van der Waals surface area contributed by atoms with Gasteiger partial charge >= 0.3 is 0 Å². The van der Waals surface area contributed by atoms with Gasteiger partial charge < -0.3 is 9.47 Å². The molecule has 1 amide bonds. The minimum absolute atomic E-state index is 0.00256. The first kappa shape index (κ1) is 31.3. The fourth-order valence-corrected chi connectivity index (χ4v) is 7.06. The Morgan fingerprint density at radius 2 is 1.76 bits per heavy atom. The molecule has 222 valence electrons. The molecule has 0 aliphatic carbocycles. The van der Waals surface area contributed by atoms with Gasteiger partial charge in [0.15, 0.2) is 5.13 Å². The number of carbonyl (C=O) groups excluding carboxylic acids is 1. The van der Waals surface area contributed by atoms with Gasteiger partial charge in [-0.1, -0.05) is 11.3 Å². The number of thiazole rings is 1. The Morgan fingerprint density at radius 3 is 2.40 bits per heavy atom. The molecule has 2 aromatic carbocycles. The lowest BCUT2D eigenvalue weighted by atomic mass is 10.2. The number of sulfonamides is 1. The third-order valence-electron chi connectivity index (χ3n) is 6.78. The standard InChI is InChI=1S/C29H34N6O5S2/c1-2-40-24-8-11-26-27(22-24)41-29(32-26)35(17-5-14-33-18-20-39-21-19-33)28(36)23-6-9-25(10-7-23)42(37,38)34(15-3-12-30)16-4-13-31/h6-11,22H,2-5,14-21H2,1H3. The summed E-state index contributed by atoms with van der Waals surface area (Å²) in [6, 6.07) is 15.3. The summed E-state index contributed by atoms with van der Waals surface area (Å²) in [4.78, 5) is 22.6. The number of ether oxygens (including phenoxy) is 2. The molecule has 0 radical (unpaired) electrons. The highest BCUT2D eigenvalue weighted by Crippen LogP contribution is 2.32. The van der Waals surface area contributed by atoms with Crippen molar-refractivity contribution < 1.29 is 22.7 Å². The quantitative estimate of drug-likeness (QED) is 0.266. The van der Waals surface area contributed by atoms with Gasteiger partial charge in [0.25, 0.3) is 5.91 Å². The predicted molar refractivity (Wildman–Crippen MR) is 160 cm³/mol. The van der Waals surface area contributed by atoms with E-state index in [0.717, 1.165) is 46.3 Å². The summed E-state index contributed by atoms with van der Waals surface area (Å²) < 4.78 is 39.6. The number of nitrogens with zero attached hydrogens (tertiary/aromatic N) is 6. The minimum Gasteiger partial charge on any atom is -0.494 e. The first-order valence-electron chi connectivity index (χ1n) is 13.9. The molecule has 4 rings (SSSR count). The van der Waals surface area contributed by atoms with Gasteiger partial charge in [-0.15, -0.1) is 0 Å². The van der Waals surface area contributed by atoms with Crippen LogP contribution in [0.4, 0.5) is 5.13 Å². The van der Waals surface area contributed by atoms with Crippen molar-refractivity contribution in [1.29, 1.82) is 10.5 Å². The van der Waals surface area contributed by atoms with Gasteiger partial charge in [-0.3, -0.25) is 14.6 Å². The van der Waals surface area contributed by atoms with E-state index in [-0.39, 0.29) is 36.7 Å². The lowest BCUT2D eigenvalue weighted by molar-refractivity contribution is 0.0376. The molecule has 0 saturated carbocycles. The number of aromatic nitrogens is 1. The van der Waals surface area contributed by atoms with Crippen LogP contribution in [-0.2, 0) is 14.8 Å². The average Bonchev–Trinajstić information content (AvgIpc) is 3.43. The molecule has 0 bridgehead atoms. The van der Waals surface area contributed by atoms with Crippen molar-refractivity contribution in [2.24, 2.45) is 0 Å². The molecule has 3 aromatic rings. The van der Waals surface area contributed by atoms with Crippen LogP contribution in [0.2, 0.25) is 0 Å². The molecular weight excluding hydrogens is 576 g/mol. The first-order chi connectivity index (χ1) is 20.4. The molecule has 42 heavy (non-hydrogen) atoms. The third kappa shape index (κ3) is 7.82. The molecule has 2 heterocycles. The molecule has 1 fully saturated rings. The molecule has 13 heteroatoms. The van der Waals surface area contributed by atoms with Gasteiger partial charge in [0.1, 0.15) is 5.75 Å². The second kappa shape index (κ2) is 15.0. The number of hydrogen-bond donors (Lipinski definition) is 0. The van der Waals surface area contributed by atoms with Gasteiger partial charge in [0.2, 0.25) is 10.0 Å². The molecule has 1 saturated heterocycles. The molecule has 0 spiro atoms. The van der Waals surface area contributed by atoms with Gasteiger partial charge in [0.05, 0.1) is 47.1 Å². The van der Waals surface area contributed by atoms with Crippen molar-refractivity contribution in [1.82, 2.24) is 14.2 Å². The second-order valence-electron chi connectivity index (χ2n) is 9.57. The van der Waals surface area contributed by atoms with Crippen LogP contribution in [0, 0.1) is 22.7 Å². The largest absolute Gasteiger partial charge is 0.494 e. The number of benzene rings is 2. The summed E-state index contributed by atoms with van der Waals surface area (Å²) in [7, 11) is -3.94. The highest BCUT2D eigenvalue weighted by atomic mass is 32.2. The van der Waals surface area contributed by atoms with Crippen molar-refractivity contribution in [2.75, 3.05) is 64.0 Å². The molecule has 11 nitrogen and oxygen atoms in total. The first-order valence-corrected chi connectivity index (χ1v) is 16.1. The predicted octanol–water partition coefficient (Wildman–Crippen LogP) is 3.88. The summed E-state index contributed by atoms with van der Waals surface area (Å²) in [5.74, 6) is 0.455. The number of hydrogen-bond acceptors (Lipinski definition) is 10. The maximum absolute atomic E-state index is 13.9. The Labute approximate surface area is 250 Å². The van der Waals surface area contributed by atoms with Crippen molar-refractivity contribution >= 4 is 42.6 Å². The van der Waals surface area contributed by atoms with Crippen molar-refractivity contribution in [3.63, 3.8) is 0 Å². The number of anilines is 1. The van der Waals surface area contributed by atoms with E-state index in [4.69, 9.17) is 25.0 Å². The van der Waals surface area contributed by atoms with E-state index in [9.17, 15) is 13.2 Å². The number of fused-ring (bicyclic) bond motifs is 1.